The highest BCUT2D eigenvalue weighted by molar-refractivity contribution is 7.88. The zero-order valence-corrected chi connectivity index (χ0v) is 15.8. The number of methoxy groups -OCH3 is 1. The van der Waals surface area contributed by atoms with Gasteiger partial charge >= 0.3 is 5.97 Å². The molecule has 1 aromatic carbocycles. The first kappa shape index (κ1) is 20.3. The number of nitrogens with one attached hydrogen (secondary N) is 1. The molecule has 1 aliphatic heterocycles. The number of amides is 1. The predicted octanol–water partition coefficient (Wildman–Crippen LogP) is 1.24. The second-order valence-electron chi connectivity index (χ2n) is 6.09. The Morgan fingerprint density at radius 2 is 2.08 bits per heavy atom. The van der Waals surface area contributed by atoms with Crippen LogP contribution in [0, 0.1) is 0 Å². The lowest BCUT2D eigenvalue weighted by Gasteiger charge is -2.22. The molecule has 0 aliphatic carbocycles. The summed E-state index contributed by atoms with van der Waals surface area (Å²) in [4.78, 5) is 24.0. The molecule has 0 saturated carbocycles. The third-order valence-electron chi connectivity index (χ3n) is 4.10. The Kier molecular flexibility index (Phi) is 7.13. The monoisotopic (exact) mass is 384 g/mol. The summed E-state index contributed by atoms with van der Waals surface area (Å²) < 4.78 is 35.3. The van der Waals surface area contributed by atoms with E-state index in [1.54, 1.807) is 24.3 Å². The van der Waals surface area contributed by atoms with Crippen LogP contribution in [0.1, 0.15) is 29.6 Å². The quantitative estimate of drug-likeness (QED) is 0.677. The van der Waals surface area contributed by atoms with E-state index in [-0.39, 0.29) is 37.1 Å². The number of hydrogen-bond acceptors (Lipinski definition) is 6. The fourth-order valence-corrected chi connectivity index (χ4v) is 3.59. The molecule has 1 heterocycles. The zero-order valence-electron chi connectivity index (χ0n) is 14.9. The molecule has 1 amide bonds. The van der Waals surface area contributed by atoms with Gasteiger partial charge in [-0.1, -0.05) is 12.1 Å². The Bertz CT molecular complexity index is 743. The minimum absolute atomic E-state index is 0.0324. The van der Waals surface area contributed by atoms with Crippen LogP contribution in [0.5, 0.6) is 0 Å². The van der Waals surface area contributed by atoms with Crippen LogP contribution in [0.2, 0.25) is 0 Å². The fraction of sp³-hybridized carbons (Fsp3) is 0.529. The molecule has 1 unspecified atom stereocenters. The number of carbonyl (C=O) groups is 2. The van der Waals surface area contributed by atoms with Crippen molar-refractivity contribution in [2.45, 2.75) is 25.4 Å². The summed E-state index contributed by atoms with van der Waals surface area (Å²) in [7, 11) is -2.19. The Balaban J connectivity index is 1.97. The molecular formula is C17H24N2O6S. The topological polar surface area (TPSA) is 102 Å². The Labute approximate surface area is 153 Å². The summed E-state index contributed by atoms with van der Waals surface area (Å²) in [5, 5.41) is 2.63. The number of hydrogen-bond donors (Lipinski definition) is 1. The number of nitrogens with zero attached hydrogens (tertiary/aromatic N) is 1. The molecule has 0 bridgehead atoms. The molecule has 1 fully saturated rings. The average Bonchev–Trinajstić information content (AvgIpc) is 3.10. The molecule has 26 heavy (non-hydrogen) atoms. The van der Waals surface area contributed by atoms with Gasteiger partial charge in [0.1, 0.15) is 0 Å². The Morgan fingerprint density at radius 1 is 1.35 bits per heavy atom. The van der Waals surface area contributed by atoms with Gasteiger partial charge in [0.05, 0.1) is 30.7 Å². The highest BCUT2D eigenvalue weighted by Crippen LogP contribution is 2.17. The summed E-state index contributed by atoms with van der Waals surface area (Å²) in [6.07, 6.45) is 2.67. The van der Waals surface area contributed by atoms with Gasteiger partial charge in [-0.15, -0.1) is 0 Å². The Hall–Kier alpha value is -1.97. The molecule has 9 heteroatoms. The van der Waals surface area contributed by atoms with E-state index >= 15 is 0 Å². The predicted molar refractivity (Wildman–Crippen MR) is 96.4 cm³/mol. The van der Waals surface area contributed by atoms with E-state index in [1.165, 1.54) is 11.4 Å². The lowest BCUT2D eigenvalue weighted by atomic mass is 10.1. The lowest BCUT2D eigenvalue weighted by Crippen LogP contribution is -2.38. The number of esters is 1. The molecule has 1 aliphatic rings. The van der Waals surface area contributed by atoms with Crippen LogP contribution in [0.25, 0.3) is 0 Å². The van der Waals surface area contributed by atoms with Crippen molar-refractivity contribution in [3.63, 3.8) is 0 Å². The highest BCUT2D eigenvalue weighted by atomic mass is 32.2. The van der Waals surface area contributed by atoms with Crippen LogP contribution in [-0.4, -0.2) is 63.8 Å². The summed E-state index contributed by atoms with van der Waals surface area (Å²) in [5.74, 6) is -0.945. The minimum Gasteiger partial charge on any atom is -0.465 e. The summed E-state index contributed by atoms with van der Waals surface area (Å²) in [6.45, 7) is 0.919. The Morgan fingerprint density at radius 3 is 2.69 bits per heavy atom. The maximum absolute atomic E-state index is 12.2. The molecular weight excluding hydrogens is 360 g/mol. The summed E-state index contributed by atoms with van der Waals surface area (Å²) >= 11 is 0. The number of sulfonamides is 1. The molecule has 0 aromatic heterocycles. The number of anilines is 1. The van der Waals surface area contributed by atoms with Crippen LogP contribution >= 0.6 is 0 Å². The molecule has 1 N–H and O–H groups in total. The second kappa shape index (κ2) is 9.11. The molecule has 8 nitrogen and oxygen atoms in total. The highest BCUT2D eigenvalue weighted by Gasteiger charge is 2.25. The molecule has 0 radical (unpaired) electrons. The molecule has 1 saturated heterocycles. The average molecular weight is 384 g/mol. The van der Waals surface area contributed by atoms with Crippen molar-refractivity contribution in [2.75, 3.05) is 38.4 Å². The molecule has 1 atom stereocenters. The number of para-hydroxylation sites is 1. The van der Waals surface area contributed by atoms with Crippen molar-refractivity contribution >= 4 is 27.6 Å². The van der Waals surface area contributed by atoms with Crippen LogP contribution < -0.4 is 5.32 Å². The number of benzene rings is 1. The van der Waals surface area contributed by atoms with E-state index in [2.05, 4.69) is 10.1 Å². The zero-order chi connectivity index (χ0) is 19.2. The first-order valence-corrected chi connectivity index (χ1v) is 10.2. The van der Waals surface area contributed by atoms with E-state index in [0.717, 1.165) is 19.1 Å². The van der Waals surface area contributed by atoms with Crippen molar-refractivity contribution in [3.8, 4) is 0 Å². The number of ether oxygens (including phenoxy) is 2. The van der Waals surface area contributed by atoms with Gasteiger partial charge in [-0.3, -0.25) is 4.79 Å². The van der Waals surface area contributed by atoms with E-state index in [4.69, 9.17) is 4.74 Å². The van der Waals surface area contributed by atoms with Gasteiger partial charge in [-0.05, 0) is 25.0 Å². The smallest absolute Gasteiger partial charge is 0.339 e. The first-order chi connectivity index (χ1) is 12.3. The van der Waals surface area contributed by atoms with Crippen molar-refractivity contribution in [1.29, 1.82) is 0 Å². The van der Waals surface area contributed by atoms with Gasteiger partial charge in [0, 0.05) is 26.1 Å². The van der Waals surface area contributed by atoms with Crippen LogP contribution in [0.15, 0.2) is 24.3 Å². The molecule has 144 valence electrons. The van der Waals surface area contributed by atoms with Gasteiger partial charge < -0.3 is 14.8 Å². The third-order valence-corrected chi connectivity index (χ3v) is 5.36. The summed E-state index contributed by atoms with van der Waals surface area (Å²) in [5.41, 5.74) is 0.567. The maximum atomic E-state index is 12.2. The second-order valence-corrected chi connectivity index (χ2v) is 8.07. The van der Waals surface area contributed by atoms with Gasteiger partial charge in [0.25, 0.3) is 0 Å². The van der Waals surface area contributed by atoms with Crippen molar-refractivity contribution in [1.82, 2.24) is 4.31 Å². The number of rotatable bonds is 8. The van der Waals surface area contributed by atoms with E-state index in [0.29, 0.717) is 12.3 Å². The van der Waals surface area contributed by atoms with Crippen LogP contribution in [-0.2, 0) is 24.3 Å². The van der Waals surface area contributed by atoms with Gasteiger partial charge in [-0.2, -0.15) is 4.31 Å². The van der Waals surface area contributed by atoms with E-state index < -0.39 is 16.0 Å². The van der Waals surface area contributed by atoms with Crippen LogP contribution in [0.3, 0.4) is 0 Å². The van der Waals surface area contributed by atoms with Crippen molar-refractivity contribution < 1.29 is 27.5 Å². The molecule has 2 rings (SSSR count). The maximum Gasteiger partial charge on any atom is 0.339 e. The number of carbonyl (C=O) groups excluding carboxylic acids is 2. The lowest BCUT2D eigenvalue weighted by molar-refractivity contribution is -0.116. The SMILES string of the molecule is COC(=O)c1ccccc1NC(=O)CCN(CC1CCCO1)S(C)(=O)=O. The van der Waals surface area contributed by atoms with E-state index in [1.807, 2.05) is 0 Å². The third kappa shape index (κ3) is 5.79. The summed E-state index contributed by atoms with van der Waals surface area (Å²) in [6, 6.07) is 6.48. The largest absolute Gasteiger partial charge is 0.465 e. The molecule has 0 spiro atoms. The van der Waals surface area contributed by atoms with Gasteiger partial charge in [0.2, 0.25) is 15.9 Å². The standard InChI is InChI=1S/C17H24N2O6S/c1-24-17(21)14-7-3-4-8-15(14)18-16(20)9-10-19(26(2,22)23)12-13-6-5-11-25-13/h3-4,7-8,13H,5-6,9-12H2,1-2H3,(H,18,20). The van der Waals surface area contributed by atoms with Crippen LogP contribution in [0.4, 0.5) is 5.69 Å². The van der Waals surface area contributed by atoms with Crippen molar-refractivity contribution in [2.24, 2.45) is 0 Å². The van der Waals surface area contributed by atoms with Gasteiger partial charge in [-0.25, -0.2) is 13.2 Å². The normalized spacial score (nSPS) is 17.3. The van der Waals surface area contributed by atoms with E-state index in [9.17, 15) is 18.0 Å². The fourth-order valence-electron chi connectivity index (χ4n) is 2.73. The van der Waals surface area contributed by atoms with Gasteiger partial charge in [0.15, 0.2) is 0 Å². The molecule has 1 aromatic rings. The minimum atomic E-state index is -3.45. The first-order valence-electron chi connectivity index (χ1n) is 8.35. The van der Waals surface area contributed by atoms with Crippen molar-refractivity contribution in [3.05, 3.63) is 29.8 Å².